The van der Waals surface area contributed by atoms with E-state index in [4.69, 9.17) is 30.6 Å². The van der Waals surface area contributed by atoms with Crippen LogP contribution in [0.15, 0.2) is 40.8 Å². The van der Waals surface area contributed by atoms with E-state index in [0.717, 1.165) is 5.56 Å². The zero-order valence-electron chi connectivity index (χ0n) is 13.9. The molecule has 134 valence electrons. The summed E-state index contributed by atoms with van der Waals surface area (Å²) in [7, 11) is 1.53. The summed E-state index contributed by atoms with van der Waals surface area (Å²) in [5.74, 6) is 0.551. The zero-order valence-corrected chi connectivity index (χ0v) is 14.7. The van der Waals surface area contributed by atoms with E-state index in [1.54, 1.807) is 36.4 Å². The number of oxazole rings is 1. The molecule has 0 atom stereocenters. The topological polar surface area (TPSA) is 81.8 Å². The molecule has 0 saturated heterocycles. The lowest BCUT2D eigenvalue weighted by Crippen LogP contribution is -2.05. The van der Waals surface area contributed by atoms with Crippen molar-refractivity contribution in [2.75, 3.05) is 13.7 Å². The van der Waals surface area contributed by atoms with Crippen LogP contribution in [0.2, 0.25) is 5.02 Å². The molecular formula is C19H16ClNO5. The number of rotatable bonds is 7. The van der Waals surface area contributed by atoms with E-state index in [1.807, 2.05) is 12.1 Å². The normalized spacial score (nSPS) is 11.2. The third kappa shape index (κ3) is 4.34. The van der Waals surface area contributed by atoms with Crippen molar-refractivity contribution in [3.63, 3.8) is 0 Å². The van der Waals surface area contributed by atoms with Gasteiger partial charge in [-0.15, -0.1) is 0 Å². The molecule has 26 heavy (non-hydrogen) atoms. The van der Waals surface area contributed by atoms with E-state index in [9.17, 15) is 4.79 Å². The van der Waals surface area contributed by atoms with Gasteiger partial charge in [-0.05, 0) is 42.0 Å². The Morgan fingerprint density at radius 2 is 2.08 bits per heavy atom. The van der Waals surface area contributed by atoms with Gasteiger partial charge in [-0.1, -0.05) is 17.7 Å². The Morgan fingerprint density at radius 1 is 1.23 bits per heavy atom. The summed E-state index contributed by atoms with van der Waals surface area (Å²) in [6.07, 6.45) is 3.50. The molecule has 1 aromatic heterocycles. The highest BCUT2D eigenvalue weighted by Crippen LogP contribution is 2.29. The van der Waals surface area contributed by atoms with Crippen molar-refractivity contribution in [1.29, 1.82) is 0 Å². The number of fused-ring (bicyclic) bond motifs is 1. The van der Waals surface area contributed by atoms with Crippen LogP contribution in [0.4, 0.5) is 0 Å². The van der Waals surface area contributed by atoms with Gasteiger partial charge in [0.2, 0.25) is 5.89 Å². The summed E-state index contributed by atoms with van der Waals surface area (Å²) in [5.41, 5.74) is 2.21. The highest BCUT2D eigenvalue weighted by molar-refractivity contribution is 6.31. The third-order valence-corrected chi connectivity index (χ3v) is 3.78. The molecule has 0 aliphatic rings. The Morgan fingerprint density at radius 3 is 2.85 bits per heavy atom. The van der Waals surface area contributed by atoms with Crippen molar-refractivity contribution in [3.8, 4) is 11.5 Å². The van der Waals surface area contributed by atoms with E-state index in [-0.39, 0.29) is 13.0 Å². The van der Waals surface area contributed by atoms with Crippen molar-refractivity contribution >= 4 is 40.8 Å². The molecule has 0 radical (unpaired) electrons. The Bertz CT molecular complexity index is 964. The van der Waals surface area contributed by atoms with Gasteiger partial charge in [0.1, 0.15) is 5.52 Å². The second kappa shape index (κ2) is 7.93. The molecule has 0 spiro atoms. The molecule has 6 nitrogen and oxygen atoms in total. The lowest BCUT2D eigenvalue weighted by Gasteiger charge is -2.10. The monoisotopic (exact) mass is 373 g/mol. The number of carboxylic acids is 1. The minimum Gasteiger partial charge on any atom is -0.493 e. The molecule has 3 aromatic rings. The largest absolute Gasteiger partial charge is 0.493 e. The fourth-order valence-corrected chi connectivity index (χ4v) is 2.48. The predicted octanol–water partition coefficient (Wildman–Crippen LogP) is 4.51. The Hall–Kier alpha value is -2.99. The van der Waals surface area contributed by atoms with Crippen LogP contribution in [-0.2, 0) is 4.79 Å². The highest BCUT2D eigenvalue weighted by atomic mass is 35.5. The lowest BCUT2D eigenvalue weighted by atomic mass is 10.2. The summed E-state index contributed by atoms with van der Waals surface area (Å²) in [6.45, 7) is 0.0757. The number of hydrogen-bond acceptors (Lipinski definition) is 5. The lowest BCUT2D eigenvalue weighted by molar-refractivity contribution is -0.137. The molecule has 0 fully saturated rings. The van der Waals surface area contributed by atoms with Gasteiger partial charge >= 0.3 is 5.97 Å². The minimum absolute atomic E-state index is 0.0757. The SMILES string of the molecule is COc1cc(C=Cc2nc3cc(Cl)ccc3o2)ccc1OCCC(=O)O. The smallest absolute Gasteiger partial charge is 0.306 e. The maximum Gasteiger partial charge on any atom is 0.306 e. The molecule has 1 N–H and O–H groups in total. The second-order valence-corrected chi connectivity index (χ2v) is 5.84. The number of carboxylic acid groups (broad SMARTS) is 1. The second-order valence-electron chi connectivity index (χ2n) is 5.40. The number of benzene rings is 2. The standard InChI is InChI=1S/C19H16ClNO5/c1-24-17-10-12(2-5-16(17)25-9-8-19(22)23)3-7-18-21-14-11-13(20)4-6-15(14)26-18/h2-7,10-11H,8-9H2,1H3,(H,22,23). The Kier molecular flexibility index (Phi) is 5.43. The number of hydrogen-bond donors (Lipinski definition) is 1. The first-order chi connectivity index (χ1) is 12.5. The average Bonchev–Trinajstić information content (AvgIpc) is 3.02. The molecule has 0 aliphatic heterocycles. The molecular weight excluding hydrogens is 358 g/mol. The van der Waals surface area contributed by atoms with Crippen molar-refractivity contribution in [2.45, 2.75) is 6.42 Å². The van der Waals surface area contributed by atoms with E-state index in [2.05, 4.69) is 4.98 Å². The van der Waals surface area contributed by atoms with Crippen LogP contribution < -0.4 is 9.47 Å². The average molecular weight is 374 g/mol. The van der Waals surface area contributed by atoms with E-state index in [1.165, 1.54) is 7.11 Å². The van der Waals surface area contributed by atoms with Gasteiger partial charge in [-0.2, -0.15) is 0 Å². The first kappa shape index (κ1) is 17.8. The highest BCUT2D eigenvalue weighted by Gasteiger charge is 2.07. The van der Waals surface area contributed by atoms with Crippen molar-refractivity contribution in [3.05, 3.63) is 52.9 Å². The molecule has 3 rings (SSSR count). The first-order valence-electron chi connectivity index (χ1n) is 7.82. The van der Waals surface area contributed by atoms with E-state index < -0.39 is 5.97 Å². The van der Waals surface area contributed by atoms with Crippen LogP contribution in [0.3, 0.4) is 0 Å². The summed E-state index contributed by atoms with van der Waals surface area (Å²) in [5, 5.41) is 9.27. The van der Waals surface area contributed by atoms with Gasteiger partial charge in [-0.3, -0.25) is 4.79 Å². The van der Waals surface area contributed by atoms with Crippen LogP contribution in [0.25, 0.3) is 23.3 Å². The quantitative estimate of drug-likeness (QED) is 0.656. The summed E-state index contributed by atoms with van der Waals surface area (Å²) >= 11 is 5.94. The number of aliphatic carboxylic acids is 1. The van der Waals surface area contributed by atoms with Crippen molar-refractivity contribution < 1.29 is 23.8 Å². The van der Waals surface area contributed by atoms with Gasteiger partial charge in [0.05, 0.1) is 20.1 Å². The third-order valence-electron chi connectivity index (χ3n) is 3.55. The van der Waals surface area contributed by atoms with Gasteiger partial charge in [0.25, 0.3) is 0 Å². The van der Waals surface area contributed by atoms with Crippen molar-refractivity contribution in [1.82, 2.24) is 4.98 Å². The Labute approximate surface area is 154 Å². The zero-order chi connectivity index (χ0) is 18.5. The maximum atomic E-state index is 10.6. The number of ether oxygens (including phenoxy) is 2. The van der Waals surface area contributed by atoms with Gasteiger partial charge < -0.3 is 19.0 Å². The van der Waals surface area contributed by atoms with Crippen LogP contribution in [0.5, 0.6) is 11.5 Å². The molecule has 0 saturated carbocycles. The number of nitrogens with zero attached hydrogens (tertiary/aromatic N) is 1. The summed E-state index contributed by atoms with van der Waals surface area (Å²) < 4.78 is 16.4. The van der Waals surface area contributed by atoms with Crippen LogP contribution in [0.1, 0.15) is 17.9 Å². The van der Waals surface area contributed by atoms with Gasteiger partial charge in [0, 0.05) is 11.1 Å². The van der Waals surface area contributed by atoms with Crippen LogP contribution >= 0.6 is 11.6 Å². The van der Waals surface area contributed by atoms with E-state index >= 15 is 0 Å². The fraction of sp³-hybridized carbons (Fsp3) is 0.158. The molecule has 2 aromatic carbocycles. The molecule has 7 heteroatoms. The summed E-state index contributed by atoms with van der Waals surface area (Å²) in [4.78, 5) is 14.9. The van der Waals surface area contributed by atoms with Gasteiger partial charge in [0.15, 0.2) is 17.1 Å². The Balaban J connectivity index is 1.75. The maximum absolute atomic E-state index is 10.6. The van der Waals surface area contributed by atoms with Crippen molar-refractivity contribution in [2.24, 2.45) is 0 Å². The molecule has 0 bridgehead atoms. The number of halogens is 1. The number of methoxy groups -OCH3 is 1. The molecule has 0 unspecified atom stereocenters. The minimum atomic E-state index is -0.914. The fourth-order valence-electron chi connectivity index (χ4n) is 2.31. The molecule has 1 heterocycles. The van der Waals surface area contributed by atoms with Gasteiger partial charge in [-0.25, -0.2) is 4.98 Å². The number of aromatic nitrogens is 1. The van der Waals surface area contributed by atoms with Crippen LogP contribution in [-0.4, -0.2) is 29.8 Å². The van der Waals surface area contributed by atoms with E-state index in [0.29, 0.717) is 33.5 Å². The molecule has 0 amide bonds. The number of carbonyl (C=O) groups is 1. The summed E-state index contributed by atoms with van der Waals surface area (Å²) in [6, 6.07) is 10.6. The first-order valence-corrected chi connectivity index (χ1v) is 8.20. The molecule has 0 aliphatic carbocycles. The van der Waals surface area contributed by atoms with Crippen LogP contribution in [0, 0.1) is 0 Å². The predicted molar refractivity (Wildman–Crippen MR) is 98.7 cm³/mol.